The van der Waals surface area contributed by atoms with Crippen molar-refractivity contribution < 1.29 is 18.3 Å². The summed E-state index contributed by atoms with van der Waals surface area (Å²) in [5.74, 6) is 0.288. The molecule has 7 heteroatoms. The number of alkyl halides is 2. The fourth-order valence-electron chi connectivity index (χ4n) is 2.41. The lowest BCUT2D eigenvalue weighted by atomic mass is 10.0. The molecule has 0 spiro atoms. The van der Waals surface area contributed by atoms with Gasteiger partial charge >= 0.3 is 6.61 Å². The number of benzene rings is 1. The van der Waals surface area contributed by atoms with Crippen molar-refractivity contribution in [2.45, 2.75) is 39.7 Å². The molecule has 1 N–H and O–H groups in total. The maximum atomic E-state index is 12.5. The molecule has 1 atom stereocenters. The Morgan fingerprint density at radius 2 is 2.12 bits per heavy atom. The predicted molar refractivity (Wildman–Crippen MR) is 91.5 cm³/mol. The van der Waals surface area contributed by atoms with Crippen LogP contribution in [0.2, 0.25) is 0 Å². The minimum absolute atomic E-state index is 0.0623. The largest absolute Gasteiger partial charge is 0.434 e. The smallest absolute Gasteiger partial charge is 0.387 e. The maximum Gasteiger partial charge on any atom is 0.387 e. The van der Waals surface area contributed by atoms with Crippen LogP contribution >= 0.6 is 11.3 Å². The maximum absolute atomic E-state index is 12.5. The molecule has 0 aliphatic rings. The van der Waals surface area contributed by atoms with Gasteiger partial charge in [0, 0.05) is 17.4 Å². The second kappa shape index (κ2) is 8.73. The monoisotopic (exact) mass is 354 g/mol. The van der Waals surface area contributed by atoms with Gasteiger partial charge in [-0.1, -0.05) is 38.8 Å². The Balaban J connectivity index is 2.07. The molecule has 0 aliphatic carbocycles. The van der Waals surface area contributed by atoms with E-state index >= 15 is 0 Å². The van der Waals surface area contributed by atoms with Gasteiger partial charge in [0.25, 0.3) is 0 Å². The van der Waals surface area contributed by atoms with Crippen molar-refractivity contribution in [2.75, 3.05) is 5.32 Å². The third-order valence-corrected chi connectivity index (χ3v) is 4.20. The number of carbonyl (C=O) groups excluding carboxylic acids is 1. The van der Waals surface area contributed by atoms with Crippen LogP contribution in [0.3, 0.4) is 0 Å². The standard InChI is InChI=1S/C17H20F2N2O2S/c1-3-6-11(2)9-15(22)21-17-20-13(10-24-17)12-7-4-5-8-14(12)23-16(18)19/h4-5,7-8,10-11,16H,3,6,9H2,1-2H3,(H,20,21,22). The Kier molecular flexibility index (Phi) is 6.66. The van der Waals surface area contributed by atoms with Crippen molar-refractivity contribution in [3.05, 3.63) is 29.6 Å². The van der Waals surface area contributed by atoms with E-state index in [1.807, 2.05) is 6.92 Å². The van der Waals surface area contributed by atoms with Crippen LogP contribution in [-0.2, 0) is 4.79 Å². The highest BCUT2D eigenvalue weighted by Gasteiger charge is 2.15. The van der Waals surface area contributed by atoms with E-state index in [1.165, 1.54) is 17.4 Å². The van der Waals surface area contributed by atoms with Gasteiger partial charge in [0.05, 0.1) is 5.69 Å². The zero-order valence-electron chi connectivity index (χ0n) is 13.6. The zero-order chi connectivity index (χ0) is 17.5. The molecule has 24 heavy (non-hydrogen) atoms. The quantitative estimate of drug-likeness (QED) is 0.711. The molecule has 0 aliphatic heterocycles. The lowest BCUT2D eigenvalue weighted by molar-refractivity contribution is -0.117. The molecule has 4 nitrogen and oxygen atoms in total. The molecule has 1 unspecified atom stereocenters. The average molecular weight is 354 g/mol. The van der Waals surface area contributed by atoms with Crippen molar-refractivity contribution in [2.24, 2.45) is 5.92 Å². The first-order chi connectivity index (χ1) is 11.5. The molecule has 0 bridgehead atoms. The number of carbonyl (C=O) groups is 1. The topological polar surface area (TPSA) is 51.2 Å². The van der Waals surface area contributed by atoms with E-state index in [0.717, 1.165) is 12.8 Å². The second-order valence-electron chi connectivity index (χ2n) is 5.56. The van der Waals surface area contributed by atoms with Gasteiger partial charge in [-0.2, -0.15) is 8.78 Å². The van der Waals surface area contributed by atoms with Gasteiger partial charge in [0.15, 0.2) is 5.13 Å². The van der Waals surface area contributed by atoms with E-state index in [2.05, 4.69) is 22.0 Å². The molecule has 2 rings (SSSR count). The van der Waals surface area contributed by atoms with E-state index in [-0.39, 0.29) is 11.7 Å². The number of anilines is 1. The van der Waals surface area contributed by atoms with Crippen LogP contribution in [0, 0.1) is 5.92 Å². The normalized spacial score (nSPS) is 12.2. The van der Waals surface area contributed by atoms with Crippen LogP contribution in [0.1, 0.15) is 33.1 Å². The first-order valence-corrected chi connectivity index (χ1v) is 8.67. The lowest BCUT2D eigenvalue weighted by Crippen LogP contribution is -2.14. The van der Waals surface area contributed by atoms with E-state index in [4.69, 9.17) is 0 Å². The number of para-hydroxylation sites is 1. The van der Waals surface area contributed by atoms with Crippen molar-refractivity contribution >= 4 is 22.4 Å². The molecule has 1 amide bonds. The average Bonchev–Trinajstić information content (AvgIpc) is 2.95. The van der Waals surface area contributed by atoms with Gasteiger partial charge in [-0.25, -0.2) is 4.98 Å². The highest BCUT2D eigenvalue weighted by Crippen LogP contribution is 2.33. The summed E-state index contributed by atoms with van der Waals surface area (Å²) in [6, 6.07) is 6.45. The number of nitrogens with one attached hydrogen (secondary N) is 1. The molecule has 1 aromatic carbocycles. The number of rotatable bonds is 8. The Morgan fingerprint density at radius 3 is 2.83 bits per heavy atom. The number of aromatic nitrogens is 1. The summed E-state index contributed by atoms with van der Waals surface area (Å²) in [6.07, 6.45) is 2.47. The van der Waals surface area contributed by atoms with Gasteiger partial charge in [-0.15, -0.1) is 11.3 Å². The SMILES string of the molecule is CCCC(C)CC(=O)Nc1nc(-c2ccccc2OC(F)F)cs1. The summed E-state index contributed by atoms with van der Waals surface area (Å²) in [4.78, 5) is 16.3. The number of ether oxygens (including phenoxy) is 1. The first kappa shape index (κ1) is 18.3. The molecular formula is C17H20F2N2O2S. The third-order valence-electron chi connectivity index (χ3n) is 3.44. The predicted octanol–water partition coefficient (Wildman–Crippen LogP) is 5.18. The summed E-state index contributed by atoms with van der Waals surface area (Å²) in [5.41, 5.74) is 0.960. The zero-order valence-corrected chi connectivity index (χ0v) is 14.4. The molecule has 0 fully saturated rings. The Hall–Kier alpha value is -2.02. The van der Waals surface area contributed by atoms with Crippen LogP contribution in [0.4, 0.5) is 13.9 Å². The van der Waals surface area contributed by atoms with Crippen LogP contribution in [0.5, 0.6) is 5.75 Å². The minimum atomic E-state index is -2.90. The number of amides is 1. The summed E-state index contributed by atoms with van der Waals surface area (Å²) in [6.45, 7) is 1.22. The summed E-state index contributed by atoms with van der Waals surface area (Å²) in [7, 11) is 0. The van der Waals surface area contributed by atoms with Gasteiger partial charge in [-0.3, -0.25) is 4.79 Å². The van der Waals surface area contributed by atoms with Gasteiger partial charge in [0.2, 0.25) is 5.91 Å². The summed E-state index contributed by atoms with van der Waals surface area (Å²) in [5, 5.41) is 4.92. The molecule has 1 aromatic heterocycles. The summed E-state index contributed by atoms with van der Waals surface area (Å²) >= 11 is 1.25. The molecule has 130 valence electrons. The van der Waals surface area contributed by atoms with Gasteiger partial charge in [-0.05, 0) is 18.1 Å². The Morgan fingerprint density at radius 1 is 1.38 bits per heavy atom. The van der Waals surface area contributed by atoms with Crippen LogP contribution in [0.15, 0.2) is 29.6 Å². The fourth-order valence-corrected chi connectivity index (χ4v) is 3.14. The number of thiazole rings is 1. The molecule has 0 saturated heterocycles. The summed E-state index contributed by atoms with van der Waals surface area (Å²) < 4.78 is 29.5. The lowest BCUT2D eigenvalue weighted by Gasteiger charge is -2.09. The van der Waals surface area contributed by atoms with Gasteiger partial charge in [0.1, 0.15) is 5.75 Å². The van der Waals surface area contributed by atoms with Crippen LogP contribution in [0.25, 0.3) is 11.3 Å². The van der Waals surface area contributed by atoms with Gasteiger partial charge < -0.3 is 10.1 Å². The second-order valence-corrected chi connectivity index (χ2v) is 6.42. The van der Waals surface area contributed by atoms with E-state index in [1.54, 1.807) is 23.6 Å². The third kappa shape index (κ3) is 5.26. The van der Waals surface area contributed by atoms with Crippen LogP contribution in [-0.4, -0.2) is 17.5 Å². The number of halogens is 2. The molecule has 2 aromatic rings. The molecule has 0 saturated carbocycles. The first-order valence-electron chi connectivity index (χ1n) is 7.79. The minimum Gasteiger partial charge on any atom is -0.434 e. The number of hydrogen-bond donors (Lipinski definition) is 1. The van der Waals surface area contributed by atoms with Crippen LogP contribution < -0.4 is 10.1 Å². The highest BCUT2D eigenvalue weighted by atomic mass is 32.1. The number of nitrogens with zero attached hydrogens (tertiary/aromatic N) is 1. The fraction of sp³-hybridized carbons (Fsp3) is 0.412. The van der Waals surface area contributed by atoms with Crippen molar-refractivity contribution in [1.29, 1.82) is 0 Å². The van der Waals surface area contributed by atoms with Crippen molar-refractivity contribution in [1.82, 2.24) is 4.98 Å². The van der Waals surface area contributed by atoms with Crippen molar-refractivity contribution in [3.8, 4) is 17.0 Å². The molecule has 1 heterocycles. The Labute approximate surface area is 143 Å². The molecular weight excluding hydrogens is 334 g/mol. The Bertz CT molecular complexity index is 676. The van der Waals surface area contributed by atoms with Crippen molar-refractivity contribution in [3.63, 3.8) is 0 Å². The van der Waals surface area contributed by atoms with E-state index in [0.29, 0.717) is 28.7 Å². The van der Waals surface area contributed by atoms with E-state index < -0.39 is 6.61 Å². The number of hydrogen-bond acceptors (Lipinski definition) is 4. The molecule has 0 radical (unpaired) electrons. The van der Waals surface area contributed by atoms with E-state index in [9.17, 15) is 13.6 Å². The highest BCUT2D eigenvalue weighted by molar-refractivity contribution is 7.14.